The average Bonchev–Trinajstić information content (AvgIpc) is 3.11. The zero-order valence-corrected chi connectivity index (χ0v) is 16.0. The monoisotopic (exact) mass is 385 g/mol. The molecule has 3 aromatic rings. The van der Waals surface area contributed by atoms with Gasteiger partial charge in [0, 0.05) is 12.0 Å². The summed E-state index contributed by atoms with van der Waals surface area (Å²) < 4.78 is 16.1. The molecule has 1 N–H and O–H groups in total. The lowest BCUT2D eigenvalue weighted by Gasteiger charge is -2.13. The number of aromatic carboxylic acids is 1. The fourth-order valence-corrected chi connectivity index (χ4v) is 3.66. The average molecular weight is 385 g/mol. The maximum atomic E-state index is 11.7. The van der Waals surface area contributed by atoms with Gasteiger partial charge in [-0.3, -0.25) is 0 Å². The number of ether oxygens (including phenoxy) is 3. The summed E-state index contributed by atoms with van der Waals surface area (Å²) in [5.74, 6) is 0.465. The first-order valence-electron chi connectivity index (χ1n) is 8.14. The number of nitrogens with zero attached hydrogens (tertiary/aromatic N) is 1. The van der Waals surface area contributed by atoms with Gasteiger partial charge in [-0.2, -0.15) is 0 Å². The molecule has 1 heterocycles. The lowest BCUT2D eigenvalue weighted by atomic mass is 10.1. The maximum Gasteiger partial charge on any atom is 0.347 e. The third-order valence-electron chi connectivity index (χ3n) is 4.02. The van der Waals surface area contributed by atoms with Crippen LogP contribution in [0.15, 0.2) is 42.5 Å². The zero-order valence-electron chi connectivity index (χ0n) is 15.2. The molecule has 27 heavy (non-hydrogen) atoms. The SMILES string of the molecule is COc1cc(-c2nc(Cc3ccccc3)c(C(=O)O)s2)cc(OC)c1OC. The van der Waals surface area contributed by atoms with Gasteiger partial charge in [-0.25, -0.2) is 9.78 Å². The van der Waals surface area contributed by atoms with E-state index in [1.165, 1.54) is 21.3 Å². The number of carboxylic acid groups (broad SMARTS) is 1. The summed E-state index contributed by atoms with van der Waals surface area (Å²) >= 11 is 1.13. The molecule has 0 aliphatic rings. The van der Waals surface area contributed by atoms with Gasteiger partial charge in [-0.15, -0.1) is 11.3 Å². The molecule has 3 rings (SSSR count). The van der Waals surface area contributed by atoms with Crippen molar-refractivity contribution in [1.82, 2.24) is 4.98 Å². The first kappa shape index (κ1) is 18.7. The molecular formula is C20H19NO5S. The highest BCUT2D eigenvalue weighted by Gasteiger charge is 2.21. The Hall–Kier alpha value is -3.06. The number of rotatable bonds is 7. The van der Waals surface area contributed by atoms with Gasteiger partial charge in [0.25, 0.3) is 0 Å². The van der Waals surface area contributed by atoms with Crippen molar-refractivity contribution in [3.63, 3.8) is 0 Å². The molecule has 0 saturated heterocycles. The van der Waals surface area contributed by atoms with Gasteiger partial charge in [0.2, 0.25) is 5.75 Å². The fraction of sp³-hybridized carbons (Fsp3) is 0.200. The Morgan fingerprint density at radius 2 is 1.67 bits per heavy atom. The summed E-state index contributed by atoms with van der Waals surface area (Å²) in [4.78, 5) is 16.5. The Morgan fingerprint density at radius 1 is 1.04 bits per heavy atom. The number of methoxy groups -OCH3 is 3. The molecule has 0 amide bonds. The molecule has 1 aromatic heterocycles. The van der Waals surface area contributed by atoms with Gasteiger partial charge in [-0.1, -0.05) is 30.3 Å². The van der Waals surface area contributed by atoms with E-state index in [0.29, 0.717) is 39.9 Å². The largest absolute Gasteiger partial charge is 0.493 e. The van der Waals surface area contributed by atoms with Gasteiger partial charge in [-0.05, 0) is 17.7 Å². The van der Waals surface area contributed by atoms with Gasteiger partial charge in [0.15, 0.2) is 11.5 Å². The molecule has 6 nitrogen and oxygen atoms in total. The number of carboxylic acids is 1. The zero-order chi connectivity index (χ0) is 19.4. The van der Waals surface area contributed by atoms with E-state index in [2.05, 4.69) is 4.98 Å². The lowest BCUT2D eigenvalue weighted by molar-refractivity contribution is 0.0701. The van der Waals surface area contributed by atoms with Gasteiger partial charge >= 0.3 is 5.97 Å². The minimum atomic E-state index is -0.989. The van der Waals surface area contributed by atoms with E-state index >= 15 is 0 Å². The van der Waals surface area contributed by atoms with Crippen LogP contribution < -0.4 is 14.2 Å². The summed E-state index contributed by atoms with van der Waals surface area (Å²) in [6, 6.07) is 13.2. The van der Waals surface area contributed by atoms with Crippen LogP contribution in [0.1, 0.15) is 20.9 Å². The van der Waals surface area contributed by atoms with Crippen LogP contribution in [0.4, 0.5) is 0 Å². The van der Waals surface area contributed by atoms with E-state index in [1.807, 2.05) is 30.3 Å². The van der Waals surface area contributed by atoms with Crippen molar-refractivity contribution in [2.24, 2.45) is 0 Å². The van der Waals surface area contributed by atoms with E-state index in [4.69, 9.17) is 14.2 Å². The minimum absolute atomic E-state index is 0.225. The van der Waals surface area contributed by atoms with Crippen LogP contribution in [0.5, 0.6) is 17.2 Å². The predicted octanol–water partition coefficient (Wildman–Crippen LogP) is 4.12. The van der Waals surface area contributed by atoms with E-state index in [-0.39, 0.29) is 4.88 Å². The topological polar surface area (TPSA) is 77.9 Å². The van der Waals surface area contributed by atoms with Crippen LogP contribution in [-0.4, -0.2) is 37.4 Å². The van der Waals surface area contributed by atoms with Gasteiger partial charge < -0.3 is 19.3 Å². The van der Waals surface area contributed by atoms with E-state index < -0.39 is 5.97 Å². The molecule has 0 fully saturated rings. The number of aromatic nitrogens is 1. The maximum absolute atomic E-state index is 11.7. The van der Waals surface area contributed by atoms with Crippen molar-refractivity contribution in [2.75, 3.05) is 21.3 Å². The van der Waals surface area contributed by atoms with Crippen LogP contribution in [0, 0.1) is 0 Å². The van der Waals surface area contributed by atoms with Crippen molar-refractivity contribution >= 4 is 17.3 Å². The third-order valence-corrected chi connectivity index (χ3v) is 5.15. The van der Waals surface area contributed by atoms with Crippen molar-refractivity contribution in [3.8, 4) is 27.8 Å². The third kappa shape index (κ3) is 3.88. The smallest absolute Gasteiger partial charge is 0.347 e. The van der Waals surface area contributed by atoms with Crippen molar-refractivity contribution in [2.45, 2.75) is 6.42 Å². The fourth-order valence-electron chi connectivity index (χ4n) is 2.76. The first-order valence-corrected chi connectivity index (χ1v) is 8.96. The van der Waals surface area contributed by atoms with Crippen LogP contribution >= 0.6 is 11.3 Å². The number of hydrogen-bond acceptors (Lipinski definition) is 6. The quantitative estimate of drug-likeness (QED) is 0.659. The second-order valence-corrected chi connectivity index (χ2v) is 6.68. The normalized spacial score (nSPS) is 10.5. The highest BCUT2D eigenvalue weighted by Crippen LogP contribution is 2.42. The van der Waals surface area contributed by atoms with Gasteiger partial charge in [0.1, 0.15) is 9.88 Å². The summed E-state index contributed by atoms with van der Waals surface area (Å²) in [7, 11) is 4.60. The highest BCUT2D eigenvalue weighted by molar-refractivity contribution is 7.17. The van der Waals surface area contributed by atoms with Crippen molar-refractivity contribution in [1.29, 1.82) is 0 Å². The highest BCUT2D eigenvalue weighted by atomic mass is 32.1. The molecule has 7 heteroatoms. The van der Waals surface area contributed by atoms with E-state index in [0.717, 1.165) is 16.9 Å². The molecule has 0 saturated carbocycles. The number of thiazole rings is 1. The second kappa shape index (κ2) is 8.09. The molecule has 0 radical (unpaired) electrons. The van der Waals surface area contributed by atoms with E-state index in [9.17, 15) is 9.90 Å². The number of carbonyl (C=O) groups is 1. The molecule has 140 valence electrons. The van der Waals surface area contributed by atoms with Crippen LogP contribution in [-0.2, 0) is 6.42 Å². The second-order valence-electron chi connectivity index (χ2n) is 5.68. The Kier molecular flexibility index (Phi) is 5.61. The molecule has 0 unspecified atom stereocenters. The molecule has 0 spiro atoms. The van der Waals surface area contributed by atoms with Crippen molar-refractivity contribution < 1.29 is 24.1 Å². The Balaban J connectivity index is 2.07. The molecule has 2 aromatic carbocycles. The van der Waals surface area contributed by atoms with Crippen LogP contribution in [0.3, 0.4) is 0 Å². The molecular weight excluding hydrogens is 366 g/mol. The summed E-state index contributed by atoms with van der Waals surface area (Å²) in [5.41, 5.74) is 2.24. The summed E-state index contributed by atoms with van der Waals surface area (Å²) in [5, 5.41) is 10.2. The standard InChI is InChI=1S/C20H19NO5S/c1-24-15-10-13(11-16(25-2)17(15)26-3)19-21-14(18(27-19)20(22)23)9-12-7-5-4-6-8-12/h4-8,10-11H,9H2,1-3H3,(H,22,23). The van der Waals surface area contributed by atoms with Crippen LogP contribution in [0.2, 0.25) is 0 Å². The molecule has 0 aliphatic carbocycles. The lowest BCUT2D eigenvalue weighted by Crippen LogP contribution is -1.99. The minimum Gasteiger partial charge on any atom is -0.493 e. The predicted molar refractivity (Wildman–Crippen MR) is 103 cm³/mol. The van der Waals surface area contributed by atoms with Gasteiger partial charge in [0.05, 0.1) is 27.0 Å². The summed E-state index contributed by atoms with van der Waals surface area (Å²) in [6.07, 6.45) is 0.448. The van der Waals surface area contributed by atoms with E-state index in [1.54, 1.807) is 12.1 Å². The molecule has 0 aliphatic heterocycles. The molecule has 0 atom stereocenters. The van der Waals surface area contributed by atoms with Crippen LogP contribution in [0.25, 0.3) is 10.6 Å². The molecule has 0 bridgehead atoms. The Morgan fingerprint density at radius 3 is 2.19 bits per heavy atom. The summed E-state index contributed by atoms with van der Waals surface area (Å²) in [6.45, 7) is 0. The number of hydrogen-bond donors (Lipinski definition) is 1. The first-order chi connectivity index (χ1) is 13.1. The Bertz CT molecular complexity index is 927. The van der Waals surface area contributed by atoms with Crippen molar-refractivity contribution in [3.05, 3.63) is 58.6 Å². The Labute approximate surface area is 161 Å². The number of benzene rings is 2.